The average molecular weight is 256 g/mol. The monoisotopic (exact) mass is 256 g/mol. The lowest BCUT2D eigenvalue weighted by atomic mass is 10.1. The summed E-state index contributed by atoms with van der Waals surface area (Å²) in [6, 6.07) is 3.84. The number of nitro benzene ring substituents is 1. The topological polar surface area (TPSA) is 55.2 Å². The molecule has 0 amide bonds. The van der Waals surface area contributed by atoms with E-state index in [0.717, 1.165) is 18.2 Å². The lowest BCUT2D eigenvalue weighted by molar-refractivity contribution is -0.384. The van der Waals surface area contributed by atoms with E-state index in [4.69, 9.17) is 0 Å². The smallest absolute Gasteiger partial charge is 0.295 e. The van der Waals surface area contributed by atoms with Crippen LogP contribution in [0.1, 0.15) is 13.3 Å². The summed E-state index contributed by atoms with van der Waals surface area (Å²) in [5.41, 5.74) is 0.199. The minimum Gasteiger partial charge on any atom is -0.376 e. The summed E-state index contributed by atoms with van der Waals surface area (Å²) in [6.07, 6.45) is 0.973. The van der Waals surface area contributed by atoms with Gasteiger partial charge in [-0.1, -0.05) is 6.92 Å². The third-order valence-electron chi connectivity index (χ3n) is 2.87. The SMILES string of the molecule is CC1SCCC1Nc1ccc(F)cc1[N+](=O)[O-]. The van der Waals surface area contributed by atoms with Gasteiger partial charge in [0, 0.05) is 11.3 Å². The van der Waals surface area contributed by atoms with Crippen LogP contribution in [0.15, 0.2) is 18.2 Å². The van der Waals surface area contributed by atoms with Crippen LogP contribution in [-0.2, 0) is 0 Å². The van der Waals surface area contributed by atoms with Crippen LogP contribution in [0.4, 0.5) is 15.8 Å². The van der Waals surface area contributed by atoms with Gasteiger partial charge in [-0.15, -0.1) is 0 Å². The molecule has 0 aromatic heterocycles. The van der Waals surface area contributed by atoms with Crippen LogP contribution >= 0.6 is 11.8 Å². The van der Waals surface area contributed by atoms with Gasteiger partial charge in [-0.25, -0.2) is 4.39 Å². The van der Waals surface area contributed by atoms with Gasteiger partial charge in [-0.3, -0.25) is 10.1 Å². The van der Waals surface area contributed by atoms with Crippen molar-refractivity contribution in [2.45, 2.75) is 24.6 Å². The molecule has 0 aliphatic carbocycles. The van der Waals surface area contributed by atoms with Crippen molar-refractivity contribution >= 4 is 23.1 Å². The molecule has 0 radical (unpaired) electrons. The first-order valence-electron chi connectivity index (χ1n) is 5.40. The van der Waals surface area contributed by atoms with Gasteiger partial charge in [0.25, 0.3) is 5.69 Å². The van der Waals surface area contributed by atoms with Crippen molar-refractivity contribution in [2.24, 2.45) is 0 Å². The number of hydrogen-bond donors (Lipinski definition) is 1. The molecular weight excluding hydrogens is 243 g/mol. The van der Waals surface area contributed by atoms with Gasteiger partial charge in [0.05, 0.1) is 11.0 Å². The number of halogens is 1. The van der Waals surface area contributed by atoms with E-state index in [1.165, 1.54) is 12.1 Å². The number of nitro groups is 1. The number of benzene rings is 1. The second-order valence-corrected chi connectivity index (χ2v) is 5.52. The van der Waals surface area contributed by atoms with Crippen molar-refractivity contribution in [2.75, 3.05) is 11.1 Å². The second-order valence-electron chi connectivity index (χ2n) is 4.03. The Hall–Kier alpha value is -1.30. The van der Waals surface area contributed by atoms with Crippen LogP contribution in [0.5, 0.6) is 0 Å². The first-order chi connectivity index (χ1) is 8.08. The normalized spacial score (nSPS) is 23.6. The first-order valence-corrected chi connectivity index (χ1v) is 6.45. The maximum Gasteiger partial charge on any atom is 0.295 e. The van der Waals surface area contributed by atoms with Gasteiger partial charge in [-0.2, -0.15) is 11.8 Å². The summed E-state index contributed by atoms with van der Waals surface area (Å²) in [7, 11) is 0. The predicted octanol–water partition coefficient (Wildman–Crippen LogP) is 3.04. The Morgan fingerprint density at radius 2 is 2.35 bits per heavy atom. The van der Waals surface area contributed by atoms with Gasteiger partial charge in [0.2, 0.25) is 0 Å². The molecule has 1 N–H and O–H groups in total. The van der Waals surface area contributed by atoms with Crippen molar-refractivity contribution in [3.63, 3.8) is 0 Å². The molecule has 0 saturated carbocycles. The van der Waals surface area contributed by atoms with Gasteiger partial charge in [-0.05, 0) is 24.3 Å². The Morgan fingerprint density at radius 1 is 1.59 bits per heavy atom. The highest BCUT2D eigenvalue weighted by Crippen LogP contribution is 2.32. The van der Waals surface area contributed by atoms with Crippen LogP contribution in [0.2, 0.25) is 0 Å². The fourth-order valence-corrected chi connectivity index (χ4v) is 3.10. The third kappa shape index (κ3) is 2.69. The van der Waals surface area contributed by atoms with Crippen molar-refractivity contribution in [3.8, 4) is 0 Å². The molecule has 2 atom stereocenters. The van der Waals surface area contributed by atoms with Gasteiger partial charge in [0.15, 0.2) is 0 Å². The summed E-state index contributed by atoms with van der Waals surface area (Å²) in [5, 5.41) is 14.4. The zero-order valence-corrected chi connectivity index (χ0v) is 10.2. The number of anilines is 1. The van der Waals surface area contributed by atoms with E-state index in [1.807, 2.05) is 11.8 Å². The van der Waals surface area contributed by atoms with Crippen molar-refractivity contribution in [1.82, 2.24) is 0 Å². The molecule has 6 heteroatoms. The summed E-state index contributed by atoms with van der Waals surface area (Å²) >= 11 is 1.84. The molecule has 2 unspecified atom stereocenters. The van der Waals surface area contributed by atoms with Crippen LogP contribution in [0, 0.1) is 15.9 Å². The van der Waals surface area contributed by atoms with Crippen molar-refractivity contribution < 1.29 is 9.31 Å². The second kappa shape index (κ2) is 4.91. The zero-order valence-electron chi connectivity index (χ0n) is 9.35. The molecule has 1 aromatic rings. The fourth-order valence-electron chi connectivity index (χ4n) is 1.90. The van der Waals surface area contributed by atoms with Crippen LogP contribution in [0.25, 0.3) is 0 Å². The van der Waals surface area contributed by atoms with E-state index in [-0.39, 0.29) is 11.7 Å². The molecule has 1 aliphatic heterocycles. The highest BCUT2D eigenvalue weighted by atomic mass is 32.2. The quantitative estimate of drug-likeness (QED) is 0.667. The van der Waals surface area contributed by atoms with E-state index in [1.54, 1.807) is 0 Å². The molecule has 1 heterocycles. The molecule has 1 aliphatic rings. The number of hydrogen-bond acceptors (Lipinski definition) is 4. The van der Waals surface area contributed by atoms with E-state index in [2.05, 4.69) is 12.2 Å². The number of nitrogens with zero attached hydrogens (tertiary/aromatic N) is 1. The van der Waals surface area contributed by atoms with Gasteiger partial charge < -0.3 is 5.32 Å². The molecule has 1 aromatic carbocycles. The van der Waals surface area contributed by atoms with Gasteiger partial charge in [0.1, 0.15) is 11.5 Å². The van der Waals surface area contributed by atoms with Crippen molar-refractivity contribution in [3.05, 3.63) is 34.1 Å². The van der Waals surface area contributed by atoms with Crippen LogP contribution < -0.4 is 5.32 Å². The summed E-state index contributed by atoms with van der Waals surface area (Å²) in [6.45, 7) is 2.09. The Labute approximate surface area is 103 Å². The molecule has 1 saturated heterocycles. The third-order valence-corrected chi connectivity index (χ3v) is 4.20. The minimum atomic E-state index is -0.587. The largest absolute Gasteiger partial charge is 0.376 e. The number of nitrogens with one attached hydrogen (secondary N) is 1. The van der Waals surface area contributed by atoms with E-state index in [0.29, 0.717) is 10.9 Å². The number of thioether (sulfide) groups is 1. The highest BCUT2D eigenvalue weighted by molar-refractivity contribution is 8.00. The maximum atomic E-state index is 13.0. The average Bonchev–Trinajstić information content (AvgIpc) is 2.67. The molecule has 4 nitrogen and oxygen atoms in total. The highest BCUT2D eigenvalue weighted by Gasteiger charge is 2.26. The molecule has 1 fully saturated rings. The fraction of sp³-hybridized carbons (Fsp3) is 0.455. The summed E-state index contributed by atoms with van der Waals surface area (Å²) in [5.74, 6) is 0.462. The van der Waals surface area contributed by atoms with E-state index < -0.39 is 10.7 Å². The summed E-state index contributed by atoms with van der Waals surface area (Å²) < 4.78 is 13.0. The molecule has 17 heavy (non-hydrogen) atoms. The Morgan fingerprint density at radius 3 is 2.94 bits per heavy atom. The summed E-state index contributed by atoms with van der Waals surface area (Å²) in [4.78, 5) is 10.3. The maximum absolute atomic E-state index is 13.0. The lowest BCUT2D eigenvalue weighted by Gasteiger charge is -2.17. The number of rotatable bonds is 3. The molecule has 0 spiro atoms. The predicted molar refractivity (Wildman–Crippen MR) is 67.0 cm³/mol. The lowest BCUT2D eigenvalue weighted by Crippen LogP contribution is -2.25. The van der Waals surface area contributed by atoms with Crippen molar-refractivity contribution in [1.29, 1.82) is 0 Å². The van der Waals surface area contributed by atoms with Crippen LogP contribution in [-0.4, -0.2) is 22.0 Å². The first kappa shape index (κ1) is 12.2. The van der Waals surface area contributed by atoms with Crippen LogP contribution in [0.3, 0.4) is 0 Å². The Balaban J connectivity index is 2.22. The molecule has 0 bridgehead atoms. The van der Waals surface area contributed by atoms with E-state index >= 15 is 0 Å². The molecular formula is C11H13FN2O2S. The molecule has 92 valence electrons. The Kier molecular flexibility index (Phi) is 3.51. The minimum absolute atomic E-state index is 0.200. The Bertz CT molecular complexity index is 441. The zero-order chi connectivity index (χ0) is 12.4. The van der Waals surface area contributed by atoms with E-state index in [9.17, 15) is 14.5 Å². The standard InChI is InChI=1S/C11H13FN2O2S/c1-7-9(4-5-17-7)13-10-3-2-8(12)6-11(10)14(15)16/h2-3,6-7,9,13H,4-5H2,1H3. The van der Waals surface area contributed by atoms with Gasteiger partial charge >= 0.3 is 0 Å². The molecule has 2 rings (SSSR count).